The molecule has 0 unspecified atom stereocenters. The number of unbranched alkanes of at least 4 members (excludes halogenated alkanes) is 1. The molecule has 0 saturated carbocycles. The third-order valence-electron chi connectivity index (χ3n) is 7.36. The fourth-order valence-electron chi connectivity index (χ4n) is 4.93. The number of hydrogen-bond acceptors (Lipinski definition) is 8. The second kappa shape index (κ2) is 16.8. The molecule has 0 radical (unpaired) electrons. The number of ether oxygens (including phenoxy) is 2. The lowest BCUT2D eigenvalue weighted by Gasteiger charge is -2.31. The number of aryl methyl sites for hydroxylation is 1. The highest BCUT2D eigenvalue weighted by atomic mass is 32.2. The predicted octanol–water partition coefficient (Wildman–Crippen LogP) is 2.89. The average Bonchev–Trinajstić information content (AvgIpc) is 3.47. The van der Waals surface area contributed by atoms with E-state index in [4.69, 9.17) is 15.2 Å². The van der Waals surface area contributed by atoms with Gasteiger partial charge in [0.2, 0.25) is 5.91 Å². The van der Waals surface area contributed by atoms with Crippen LogP contribution in [0.25, 0.3) is 0 Å². The number of aliphatic hydroxyl groups excluding tert-OH is 1. The summed E-state index contributed by atoms with van der Waals surface area (Å²) >= 11 is 0. The number of carbonyl (C=O) groups excluding carboxylic acids is 2. The molecular formula is C31H43F2N3O7S. The minimum Gasteiger partial charge on any atom is -0.444 e. The molecule has 1 aliphatic rings. The molecule has 1 saturated heterocycles. The van der Waals surface area contributed by atoms with E-state index in [0.717, 1.165) is 30.2 Å². The van der Waals surface area contributed by atoms with Crippen molar-refractivity contribution in [2.75, 3.05) is 31.3 Å². The number of nitrogens with zero attached hydrogens (tertiary/aromatic N) is 1. The van der Waals surface area contributed by atoms with Gasteiger partial charge in [0.25, 0.3) is 0 Å². The number of nitrogens with one attached hydrogen (secondary N) is 1. The molecule has 1 aliphatic heterocycles. The van der Waals surface area contributed by atoms with Crippen molar-refractivity contribution in [2.24, 2.45) is 5.73 Å². The molecule has 244 valence electrons. The first-order chi connectivity index (χ1) is 20.9. The van der Waals surface area contributed by atoms with E-state index in [-0.39, 0.29) is 37.4 Å². The molecule has 2 amide bonds. The van der Waals surface area contributed by atoms with Crippen molar-refractivity contribution in [1.82, 2.24) is 10.2 Å². The maximum Gasteiger partial charge on any atom is 0.408 e. The number of aliphatic hydroxyl groups is 1. The molecule has 2 aromatic carbocycles. The van der Waals surface area contributed by atoms with Gasteiger partial charge in [0.1, 0.15) is 23.8 Å². The predicted molar refractivity (Wildman–Crippen MR) is 161 cm³/mol. The van der Waals surface area contributed by atoms with E-state index in [1.54, 1.807) is 6.07 Å². The molecule has 13 heteroatoms. The van der Waals surface area contributed by atoms with Gasteiger partial charge in [0.15, 0.2) is 9.84 Å². The van der Waals surface area contributed by atoms with E-state index < -0.39 is 63.5 Å². The first kappa shape index (κ1) is 35.4. The zero-order chi connectivity index (χ0) is 32.3. The Balaban J connectivity index is 1.87. The first-order valence-electron chi connectivity index (χ1n) is 14.9. The van der Waals surface area contributed by atoms with Crippen molar-refractivity contribution in [3.8, 4) is 0 Å². The molecule has 4 atom stereocenters. The highest BCUT2D eigenvalue weighted by molar-refractivity contribution is 7.91. The second-order valence-corrected chi connectivity index (χ2v) is 13.4. The van der Waals surface area contributed by atoms with E-state index in [2.05, 4.69) is 5.32 Å². The maximum atomic E-state index is 14.0. The third-order valence-corrected chi connectivity index (χ3v) is 9.11. The Labute approximate surface area is 257 Å². The number of halogens is 2. The molecular weight excluding hydrogens is 596 g/mol. The molecule has 4 N–H and O–H groups in total. The van der Waals surface area contributed by atoms with Crippen LogP contribution in [-0.2, 0) is 43.5 Å². The van der Waals surface area contributed by atoms with Crippen LogP contribution in [-0.4, -0.2) is 86.0 Å². The number of benzene rings is 2. The monoisotopic (exact) mass is 639 g/mol. The van der Waals surface area contributed by atoms with Crippen LogP contribution in [0.4, 0.5) is 13.6 Å². The lowest BCUT2D eigenvalue weighted by Crippen LogP contribution is -2.55. The first-order valence-corrected chi connectivity index (χ1v) is 16.7. The molecule has 0 bridgehead atoms. The lowest BCUT2D eigenvalue weighted by molar-refractivity contribution is -0.135. The highest BCUT2D eigenvalue weighted by Gasteiger charge is 2.34. The van der Waals surface area contributed by atoms with Crippen molar-refractivity contribution in [3.05, 3.63) is 70.8 Å². The SMILES string of the molecule is CCCCS(=O)(=O)C[C@@H](NC(=O)O[C@H]1CCOC1)C(=O)N(Cc1cccc(CC)c1)C[C@@H](O)[C@@H](N)Cc1cc(F)cc(F)c1. The minimum absolute atomic E-state index is 0.0241. The Bertz CT molecular complexity index is 1340. The van der Waals surface area contributed by atoms with Crippen molar-refractivity contribution in [2.45, 2.75) is 76.8 Å². The van der Waals surface area contributed by atoms with Crippen molar-refractivity contribution < 1.29 is 41.4 Å². The quantitative estimate of drug-likeness (QED) is 0.254. The van der Waals surface area contributed by atoms with Gasteiger partial charge in [-0.1, -0.05) is 44.5 Å². The summed E-state index contributed by atoms with van der Waals surface area (Å²) in [5.74, 6) is -3.17. The minimum atomic E-state index is -3.77. The zero-order valence-electron chi connectivity index (χ0n) is 25.2. The summed E-state index contributed by atoms with van der Waals surface area (Å²) in [6.07, 6.45) is -0.726. The highest BCUT2D eigenvalue weighted by Crippen LogP contribution is 2.16. The zero-order valence-corrected chi connectivity index (χ0v) is 26.0. The lowest BCUT2D eigenvalue weighted by atomic mass is 10.0. The second-order valence-electron chi connectivity index (χ2n) is 11.2. The Morgan fingerprint density at radius 1 is 1.14 bits per heavy atom. The number of amides is 2. The summed E-state index contributed by atoms with van der Waals surface area (Å²) in [6, 6.07) is 7.82. The van der Waals surface area contributed by atoms with E-state index in [9.17, 15) is 31.9 Å². The van der Waals surface area contributed by atoms with Gasteiger partial charge in [-0.05, 0) is 48.1 Å². The van der Waals surface area contributed by atoms with Gasteiger partial charge in [-0.2, -0.15) is 0 Å². The van der Waals surface area contributed by atoms with Crippen LogP contribution in [0.3, 0.4) is 0 Å². The summed E-state index contributed by atoms with van der Waals surface area (Å²) < 4.78 is 64.0. The van der Waals surface area contributed by atoms with Gasteiger partial charge in [-0.3, -0.25) is 4.79 Å². The molecule has 2 aromatic rings. The van der Waals surface area contributed by atoms with Crippen LogP contribution >= 0.6 is 0 Å². The van der Waals surface area contributed by atoms with Crippen molar-refractivity contribution in [3.63, 3.8) is 0 Å². The molecule has 0 spiro atoms. The van der Waals surface area contributed by atoms with Gasteiger partial charge < -0.3 is 30.5 Å². The summed E-state index contributed by atoms with van der Waals surface area (Å²) in [7, 11) is -3.77. The van der Waals surface area contributed by atoms with Gasteiger partial charge >= 0.3 is 6.09 Å². The van der Waals surface area contributed by atoms with Crippen LogP contribution in [0, 0.1) is 11.6 Å². The molecule has 3 rings (SSSR count). The number of alkyl carbamates (subject to hydrolysis) is 1. The summed E-state index contributed by atoms with van der Waals surface area (Å²) in [5, 5.41) is 13.5. The fraction of sp³-hybridized carbons (Fsp3) is 0.548. The van der Waals surface area contributed by atoms with E-state index in [1.165, 1.54) is 4.90 Å². The fourth-order valence-corrected chi connectivity index (χ4v) is 6.56. The largest absolute Gasteiger partial charge is 0.444 e. The van der Waals surface area contributed by atoms with Crippen LogP contribution in [0.15, 0.2) is 42.5 Å². The van der Waals surface area contributed by atoms with Crippen LogP contribution in [0.2, 0.25) is 0 Å². The maximum absolute atomic E-state index is 14.0. The molecule has 0 aromatic heterocycles. The van der Waals surface area contributed by atoms with Crippen molar-refractivity contribution >= 4 is 21.8 Å². The summed E-state index contributed by atoms with van der Waals surface area (Å²) in [5.41, 5.74) is 8.15. The molecule has 1 fully saturated rings. The van der Waals surface area contributed by atoms with Crippen LogP contribution in [0.1, 0.15) is 49.8 Å². The number of hydrogen-bond donors (Lipinski definition) is 3. The number of rotatable bonds is 16. The van der Waals surface area contributed by atoms with Gasteiger partial charge in [0.05, 0.1) is 30.8 Å². The normalized spacial score (nSPS) is 17.1. The molecule has 10 nitrogen and oxygen atoms in total. The van der Waals surface area contributed by atoms with Crippen LogP contribution < -0.4 is 11.1 Å². The standard InChI is InChI=1S/C31H43F2N3O7S/c1-3-5-11-44(40,41)20-28(35-31(39)43-26-9-10-42-19-26)30(38)36(17-22-8-6-7-21(4-2)12-22)18-29(37)27(34)15-23-13-24(32)16-25(33)14-23/h6-8,12-14,16,26-29,37H,3-5,9-11,15,17-20,34H2,1-2H3,(H,35,39)/t26-,27-,28+,29+/m0/s1. The molecule has 1 heterocycles. The van der Waals surface area contributed by atoms with Gasteiger partial charge in [-0.15, -0.1) is 0 Å². The summed E-state index contributed by atoms with van der Waals surface area (Å²) in [6.45, 7) is 4.06. The Morgan fingerprint density at radius 3 is 2.48 bits per heavy atom. The number of nitrogens with two attached hydrogens (primary N) is 1. The Morgan fingerprint density at radius 2 is 1.84 bits per heavy atom. The van der Waals surface area contributed by atoms with E-state index in [0.29, 0.717) is 31.4 Å². The van der Waals surface area contributed by atoms with Crippen LogP contribution in [0.5, 0.6) is 0 Å². The third kappa shape index (κ3) is 11.4. The van der Waals surface area contributed by atoms with E-state index in [1.807, 2.05) is 32.0 Å². The van der Waals surface area contributed by atoms with Gasteiger partial charge in [-0.25, -0.2) is 22.0 Å². The number of carbonyl (C=O) groups is 2. The topological polar surface area (TPSA) is 148 Å². The molecule has 44 heavy (non-hydrogen) atoms. The van der Waals surface area contributed by atoms with Gasteiger partial charge in [0, 0.05) is 31.6 Å². The Kier molecular flexibility index (Phi) is 13.5. The Hall–Kier alpha value is -3.13. The summed E-state index contributed by atoms with van der Waals surface area (Å²) in [4.78, 5) is 28.1. The average molecular weight is 640 g/mol. The number of sulfone groups is 1. The molecule has 0 aliphatic carbocycles. The van der Waals surface area contributed by atoms with Crippen molar-refractivity contribution in [1.29, 1.82) is 0 Å². The van der Waals surface area contributed by atoms with E-state index >= 15 is 0 Å². The smallest absolute Gasteiger partial charge is 0.408 e.